The van der Waals surface area contributed by atoms with Crippen molar-refractivity contribution in [2.75, 3.05) is 55.4 Å². The fourth-order valence-electron chi connectivity index (χ4n) is 4.46. The van der Waals surface area contributed by atoms with Crippen LogP contribution in [0.25, 0.3) is 0 Å². The lowest BCUT2D eigenvalue weighted by Crippen LogP contribution is -2.37. The lowest BCUT2D eigenvalue weighted by atomic mass is 9.74. The maximum Gasteiger partial charge on any atom is 0.342 e. The van der Waals surface area contributed by atoms with Crippen LogP contribution in [0.1, 0.15) is 42.1 Å². The predicted molar refractivity (Wildman–Crippen MR) is 129 cm³/mol. The van der Waals surface area contributed by atoms with Crippen molar-refractivity contribution in [3.05, 3.63) is 28.5 Å². The molecule has 2 atom stereocenters. The maximum absolute atomic E-state index is 13.4. The fourth-order valence-corrected chi connectivity index (χ4v) is 4.46. The van der Waals surface area contributed by atoms with Gasteiger partial charge in [0.05, 0.1) is 33.5 Å². The zero-order valence-corrected chi connectivity index (χ0v) is 21.6. The summed E-state index contributed by atoms with van der Waals surface area (Å²) in [4.78, 5) is 45.9. The molecule has 2 unspecified atom stereocenters. The standard InChI is InChI=1S/C25H32N2O9/c1-13-17(23(28)32-6)19(18(14(2)26-13)25(30)34-10-8-9-27(3)4)15-11-16(31-5)21-22(36-12-35-21)20(15)24(29)33-7/h11,17,19H,8-10,12H2,1-7H3. The molecule has 0 fully saturated rings. The molecule has 0 N–H and O–H groups in total. The monoisotopic (exact) mass is 504 g/mol. The predicted octanol–water partition coefficient (Wildman–Crippen LogP) is 2.33. The summed E-state index contributed by atoms with van der Waals surface area (Å²) in [5, 5.41) is 0. The highest BCUT2D eigenvalue weighted by Crippen LogP contribution is 2.51. The molecule has 0 amide bonds. The summed E-state index contributed by atoms with van der Waals surface area (Å²) in [7, 11) is 7.76. The van der Waals surface area contributed by atoms with E-state index >= 15 is 0 Å². The van der Waals surface area contributed by atoms with Crippen molar-refractivity contribution in [1.29, 1.82) is 0 Å². The molecule has 196 valence electrons. The van der Waals surface area contributed by atoms with Gasteiger partial charge >= 0.3 is 17.9 Å². The lowest BCUT2D eigenvalue weighted by molar-refractivity contribution is -0.144. The van der Waals surface area contributed by atoms with Crippen LogP contribution in [-0.4, -0.2) is 83.9 Å². The Kier molecular flexibility index (Phi) is 8.57. The van der Waals surface area contributed by atoms with Gasteiger partial charge in [-0.25, -0.2) is 9.59 Å². The molecule has 1 aromatic carbocycles. The number of hydrogen-bond donors (Lipinski definition) is 0. The van der Waals surface area contributed by atoms with Gasteiger partial charge in [-0.05, 0) is 46.0 Å². The normalized spacial score (nSPS) is 18.6. The van der Waals surface area contributed by atoms with E-state index in [1.54, 1.807) is 19.9 Å². The Balaban J connectivity index is 2.22. The van der Waals surface area contributed by atoms with Gasteiger partial charge in [0.2, 0.25) is 12.5 Å². The molecule has 0 bridgehead atoms. The van der Waals surface area contributed by atoms with E-state index < -0.39 is 29.7 Å². The summed E-state index contributed by atoms with van der Waals surface area (Å²) < 4.78 is 32.3. The average molecular weight is 505 g/mol. The SMILES string of the molecule is COC(=O)c1c(C2C(C(=O)OCCCN(C)C)=C(C)N=C(C)C2C(=O)OC)cc(OC)c2c1OCO2. The van der Waals surface area contributed by atoms with Crippen molar-refractivity contribution >= 4 is 23.6 Å². The van der Waals surface area contributed by atoms with Crippen molar-refractivity contribution in [2.24, 2.45) is 10.9 Å². The van der Waals surface area contributed by atoms with Gasteiger partial charge < -0.3 is 33.3 Å². The Hall–Kier alpha value is -3.60. The molecular weight excluding hydrogens is 472 g/mol. The number of allylic oxidation sites excluding steroid dienone is 1. The van der Waals surface area contributed by atoms with Crippen molar-refractivity contribution in [3.63, 3.8) is 0 Å². The highest BCUT2D eigenvalue weighted by Gasteiger charge is 2.46. The molecule has 0 saturated carbocycles. The van der Waals surface area contributed by atoms with Crippen LogP contribution in [-0.2, 0) is 23.8 Å². The number of nitrogens with zero attached hydrogens (tertiary/aromatic N) is 2. The summed E-state index contributed by atoms with van der Waals surface area (Å²) in [5.41, 5.74) is 1.20. The van der Waals surface area contributed by atoms with E-state index in [1.165, 1.54) is 21.3 Å². The number of rotatable bonds is 9. The van der Waals surface area contributed by atoms with E-state index in [4.69, 9.17) is 28.4 Å². The van der Waals surface area contributed by atoms with E-state index in [2.05, 4.69) is 4.99 Å². The van der Waals surface area contributed by atoms with Gasteiger partial charge in [0.1, 0.15) is 11.5 Å². The number of carbonyl (C=O) groups excluding carboxylic acids is 3. The fraction of sp³-hybridized carbons (Fsp3) is 0.520. The molecule has 36 heavy (non-hydrogen) atoms. The quantitative estimate of drug-likeness (QED) is 0.281. The van der Waals surface area contributed by atoms with E-state index in [0.29, 0.717) is 17.8 Å². The van der Waals surface area contributed by atoms with Gasteiger partial charge in [-0.15, -0.1) is 0 Å². The van der Waals surface area contributed by atoms with Crippen molar-refractivity contribution < 1.29 is 42.8 Å². The second-order valence-corrected chi connectivity index (χ2v) is 8.62. The van der Waals surface area contributed by atoms with Crippen LogP contribution in [0.4, 0.5) is 0 Å². The number of methoxy groups -OCH3 is 3. The number of carbonyl (C=O) groups is 3. The van der Waals surface area contributed by atoms with Crippen molar-refractivity contribution in [1.82, 2.24) is 4.90 Å². The lowest BCUT2D eigenvalue weighted by Gasteiger charge is -2.32. The van der Waals surface area contributed by atoms with Crippen LogP contribution in [0, 0.1) is 5.92 Å². The minimum absolute atomic E-state index is 0.0186. The number of ether oxygens (including phenoxy) is 6. The molecule has 0 spiro atoms. The zero-order chi connectivity index (χ0) is 26.6. The van der Waals surface area contributed by atoms with E-state index in [1.807, 2.05) is 19.0 Å². The van der Waals surface area contributed by atoms with Crippen LogP contribution in [0.2, 0.25) is 0 Å². The van der Waals surface area contributed by atoms with Crippen molar-refractivity contribution in [2.45, 2.75) is 26.2 Å². The Morgan fingerprint density at radius 2 is 1.75 bits per heavy atom. The molecule has 0 aliphatic carbocycles. The van der Waals surface area contributed by atoms with Crippen LogP contribution in [0.5, 0.6) is 17.2 Å². The molecule has 2 aliphatic rings. The average Bonchev–Trinajstić information content (AvgIpc) is 3.33. The topological polar surface area (TPSA) is 122 Å². The largest absolute Gasteiger partial charge is 0.493 e. The minimum atomic E-state index is -1.02. The first-order valence-electron chi connectivity index (χ1n) is 11.4. The molecule has 0 saturated heterocycles. The highest BCUT2D eigenvalue weighted by molar-refractivity contribution is 6.08. The van der Waals surface area contributed by atoms with Gasteiger partial charge in [-0.3, -0.25) is 9.79 Å². The Bertz CT molecular complexity index is 1110. The van der Waals surface area contributed by atoms with Crippen LogP contribution in [0.3, 0.4) is 0 Å². The molecule has 1 aromatic rings. The van der Waals surface area contributed by atoms with Crippen LogP contribution < -0.4 is 14.2 Å². The van der Waals surface area contributed by atoms with E-state index in [0.717, 1.165) is 6.54 Å². The molecule has 2 heterocycles. The number of esters is 3. The molecule has 0 aromatic heterocycles. The summed E-state index contributed by atoms with van der Waals surface area (Å²) in [6.45, 7) is 4.07. The summed E-state index contributed by atoms with van der Waals surface area (Å²) >= 11 is 0. The first-order chi connectivity index (χ1) is 17.2. The van der Waals surface area contributed by atoms with Gasteiger partial charge in [0.25, 0.3) is 0 Å². The molecular formula is C25H32N2O9. The molecule has 11 nitrogen and oxygen atoms in total. The molecule has 3 rings (SSSR count). The third-order valence-corrected chi connectivity index (χ3v) is 6.07. The van der Waals surface area contributed by atoms with Gasteiger partial charge in [-0.2, -0.15) is 0 Å². The number of benzene rings is 1. The minimum Gasteiger partial charge on any atom is -0.493 e. The van der Waals surface area contributed by atoms with Gasteiger partial charge in [0.15, 0.2) is 11.5 Å². The summed E-state index contributed by atoms with van der Waals surface area (Å²) in [6.07, 6.45) is 0.615. The third-order valence-electron chi connectivity index (χ3n) is 6.07. The van der Waals surface area contributed by atoms with E-state index in [-0.39, 0.29) is 47.3 Å². The van der Waals surface area contributed by atoms with Crippen LogP contribution >= 0.6 is 0 Å². The van der Waals surface area contributed by atoms with E-state index in [9.17, 15) is 14.4 Å². The molecule has 0 radical (unpaired) electrons. The van der Waals surface area contributed by atoms with Gasteiger partial charge in [-0.1, -0.05) is 0 Å². The summed E-state index contributed by atoms with van der Waals surface area (Å²) in [5.74, 6) is -3.40. The number of fused-ring (bicyclic) bond motifs is 1. The molecule has 2 aliphatic heterocycles. The molecule has 11 heteroatoms. The zero-order valence-electron chi connectivity index (χ0n) is 21.6. The smallest absolute Gasteiger partial charge is 0.342 e. The Morgan fingerprint density at radius 3 is 2.36 bits per heavy atom. The second kappa shape index (κ2) is 11.4. The first kappa shape index (κ1) is 27.0. The number of aliphatic imine (C=N–C) groups is 1. The second-order valence-electron chi connectivity index (χ2n) is 8.62. The van der Waals surface area contributed by atoms with Crippen LogP contribution in [0.15, 0.2) is 22.3 Å². The Labute approximate surface area is 209 Å². The highest BCUT2D eigenvalue weighted by atomic mass is 16.7. The number of hydrogen-bond acceptors (Lipinski definition) is 11. The van der Waals surface area contributed by atoms with Crippen molar-refractivity contribution in [3.8, 4) is 17.2 Å². The third kappa shape index (κ3) is 5.15. The maximum atomic E-state index is 13.4. The first-order valence-corrected chi connectivity index (χ1v) is 11.4. The van der Waals surface area contributed by atoms with Gasteiger partial charge in [0, 0.05) is 23.9 Å². The summed E-state index contributed by atoms with van der Waals surface area (Å²) in [6, 6.07) is 1.55. The Morgan fingerprint density at radius 1 is 1.06 bits per heavy atom.